The van der Waals surface area contributed by atoms with E-state index in [0.29, 0.717) is 28.7 Å². The fourth-order valence-corrected chi connectivity index (χ4v) is 5.90. The van der Waals surface area contributed by atoms with Gasteiger partial charge in [0.15, 0.2) is 0 Å². The van der Waals surface area contributed by atoms with Crippen molar-refractivity contribution in [1.82, 2.24) is 15.0 Å². The highest BCUT2D eigenvalue weighted by Gasteiger charge is 2.59. The second kappa shape index (κ2) is 7.20. The third-order valence-electron chi connectivity index (χ3n) is 7.14. The van der Waals surface area contributed by atoms with Gasteiger partial charge >= 0.3 is 0 Å². The third-order valence-corrected chi connectivity index (χ3v) is 7.38. The van der Waals surface area contributed by atoms with Gasteiger partial charge in [-0.2, -0.15) is 0 Å². The van der Waals surface area contributed by atoms with Gasteiger partial charge in [-0.1, -0.05) is 18.5 Å². The number of imidazole rings is 1. The Hall–Kier alpha value is -2.66. The van der Waals surface area contributed by atoms with Crippen LogP contribution in [-0.2, 0) is 0 Å². The van der Waals surface area contributed by atoms with Crippen molar-refractivity contribution in [1.29, 1.82) is 0 Å². The molecule has 4 aromatic rings. The minimum absolute atomic E-state index is 0.173. The number of H-pyrrole nitrogens is 1. The van der Waals surface area contributed by atoms with Crippen molar-refractivity contribution in [3.63, 3.8) is 0 Å². The van der Waals surface area contributed by atoms with Gasteiger partial charge in [0.05, 0.1) is 22.7 Å². The molecule has 6 heteroatoms. The standard InChI is InChI=1S/C25H23ClFN3O/c1-2-16(25-29-21-5-3-13(26)9-22(21)30-25)24-17-11-15(12-18(17)24)31-23-7-8-28-20-6-4-14(27)10-19(20)23/h3-10,15-18,24H,2,11-12H2,1H3,(H,29,30)/t15-,16?,17-,18+,24+. The van der Waals surface area contributed by atoms with E-state index in [9.17, 15) is 4.39 Å². The van der Waals surface area contributed by atoms with E-state index < -0.39 is 0 Å². The Bertz CT molecular complexity index is 1280. The van der Waals surface area contributed by atoms with Crippen molar-refractivity contribution in [3.05, 3.63) is 65.3 Å². The number of rotatable bonds is 5. The lowest BCUT2D eigenvalue weighted by atomic mass is 9.93. The number of aromatic nitrogens is 3. The Kier molecular flexibility index (Phi) is 4.42. The lowest BCUT2D eigenvalue weighted by molar-refractivity contribution is 0.184. The monoisotopic (exact) mass is 435 g/mol. The van der Waals surface area contributed by atoms with Crippen molar-refractivity contribution in [2.45, 2.75) is 38.2 Å². The molecule has 0 amide bonds. The SMILES string of the molecule is CCC(c1nc2cc(Cl)ccc2[nH]1)[C@H]1[C@@H]2C[C@@H](Oc3ccnc4ccc(F)cc34)C[C@@H]21. The molecule has 2 fully saturated rings. The van der Waals surface area contributed by atoms with Gasteiger partial charge < -0.3 is 9.72 Å². The van der Waals surface area contributed by atoms with Crippen LogP contribution >= 0.6 is 11.6 Å². The second-order valence-electron chi connectivity index (χ2n) is 8.89. The van der Waals surface area contributed by atoms with Gasteiger partial charge in [0, 0.05) is 22.5 Å². The van der Waals surface area contributed by atoms with Crippen LogP contribution in [0.2, 0.25) is 5.02 Å². The van der Waals surface area contributed by atoms with Crippen LogP contribution in [0.25, 0.3) is 21.9 Å². The summed E-state index contributed by atoms with van der Waals surface area (Å²) in [7, 11) is 0. The maximum Gasteiger partial charge on any atom is 0.130 e. The summed E-state index contributed by atoms with van der Waals surface area (Å²) in [5.41, 5.74) is 2.74. The second-order valence-corrected chi connectivity index (χ2v) is 9.32. The van der Waals surface area contributed by atoms with E-state index in [1.165, 1.54) is 12.1 Å². The molecule has 0 spiro atoms. The molecule has 0 saturated heterocycles. The summed E-state index contributed by atoms with van der Waals surface area (Å²) in [6.45, 7) is 2.24. The Morgan fingerprint density at radius 3 is 2.77 bits per heavy atom. The highest BCUT2D eigenvalue weighted by Crippen LogP contribution is 2.63. The molecular formula is C25H23ClFN3O. The minimum Gasteiger partial charge on any atom is -0.490 e. The average Bonchev–Trinajstić information content (AvgIpc) is 3.09. The molecule has 6 rings (SSSR count). The summed E-state index contributed by atoms with van der Waals surface area (Å²) in [5, 5.41) is 1.46. The first-order valence-electron chi connectivity index (χ1n) is 11.0. The fourth-order valence-electron chi connectivity index (χ4n) is 5.73. The molecule has 158 valence electrons. The molecule has 1 unspecified atom stereocenters. The van der Waals surface area contributed by atoms with E-state index in [-0.39, 0.29) is 11.9 Å². The number of hydrogen-bond donors (Lipinski definition) is 1. The summed E-state index contributed by atoms with van der Waals surface area (Å²) < 4.78 is 20.1. The molecular weight excluding hydrogens is 413 g/mol. The number of hydrogen-bond acceptors (Lipinski definition) is 3. The first-order valence-corrected chi connectivity index (χ1v) is 11.3. The van der Waals surface area contributed by atoms with Crippen LogP contribution in [0.4, 0.5) is 4.39 Å². The molecule has 2 heterocycles. The molecule has 2 aliphatic rings. The van der Waals surface area contributed by atoms with Crippen molar-refractivity contribution in [2.24, 2.45) is 17.8 Å². The molecule has 5 atom stereocenters. The van der Waals surface area contributed by atoms with Crippen LogP contribution in [0.3, 0.4) is 0 Å². The van der Waals surface area contributed by atoms with Crippen molar-refractivity contribution < 1.29 is 9.13 Å². The topological polar surface area (TPSA) is 50.8 Å². The van der Waals surface area contributed by atoms with E-state index in [1.54, 1.807) is 12.3 Å². The van der Waals surface area contributed by atoms with E-state index >= 15 is 0 Å². The number of halogens is 2. The largest absolute Gasteiger partial charge is 0.490 e. The first-order chi connectivity index (χ1) is 15.1. The van der Waals surface area contributed by atoms with Gasteiger partial charge in [0.2, 0.25) is 0 Å². The van der Waals surface area contributed by atoms with Crippen molar-refractivity contribution >= 4 is 33.5 Å². The molecule has 0 radical (unpaired) electrons. The number of nitrogens with one attached hydrogen (secondary N) is 1. The Labute approximate surface area is 184 Å². The quantitative estimate of drug-likeness (QED) is 0.389. The molecule has 2 aromatic heterocycles. The van der Waals surface area contributed by atoms with Crippen LogP contribution in [0.15, 0.2) is 48.7 Å². The van der Waals surface area contributed by atoms with Gasteiger partial charge in [-0.3, -0.25) is 4.98 Å². The van der Waals surface area contributed by atoms with Crippen LogP contribution < -0.4 is 4.74 Å². The molecule has 0 bridgehead atoms. The molecule has 2 aliphatic carbocycles. The summed E-state index contributed by atoms with van der Waals surface area (Å²) >= 11 is 6.13. The van der Waals surface area contributed by atoms with Crippen LogP contribution in [0, 0.1) is 23.6 Å². The molecule has 4 nitrogen and oxygen atoms in total. The number of aromatic amines is 1. The molecule has 2 aromatic carbocycles. The van der Waals surface area contributed by atoms with E-state index in [2.05, 4.69) is 16.9 Å². The molecule has 31 heavy (non-hydrogen) atoms. The maximum atomic E-state index is 13.7. The summed E-state index contributed by atoms with van der Waals surface area (Å²) in [5.74, 6) is 3.94. The zero-order valence-electron chi connectivity index (χ0n) is 17.2. The number of ether oxygens (including phenoxy) is 1. The normalized spacial score (nSPS) is 25.6. The first kappa shape index (κ1) is 19.1. The smallest absolute Gasteiger partial charge is 0.130 e. The Morgan fingerprint density at radius 1 is 1.13 bits per heavy atom. The number of benzene rings is 2. The molecule has 1 N–H and O–H groups in total. The molecule has 0 aliphatic heterocycles. The van der Waals surface area contributed by atoms with Crippen LogP contribution in [-0.4, -0.2) is 21.1 Å². The van der Waals surface area contributed by atoms with Gasteiger partial charge in [-0.15, -0.1) is 0 Å². The maximum absolute atomic E-state index is 13.7. The van der Waals surface area contributed by atoms with Gasteiger partial charge in [-0.25, -0.2) is 9.37 Å². The highest BCUT2D eigenvalue weighted by molar-refractivity contribution is 6.31. The van der Waals surface area contributed by atoms with Crippen molar-refractivity contribution in [3.8, 4) is 5.75 Å². The highest BCUT2D eigenvalue weighted by atomic mass is 35.5. The van der Waals surface area contributed by atoms with Gasteiger partial charge in [-0.05, 0) is 79.5 Å². The van der Waals surface area contributed by atoms with Gasteiger partial charge in [0.1, 0.15) is 17.4 Å². The number of fused-ring (bicyclic) bond motifs is 3. The Morgan fingerprint density at radius 2 is 1.97 bits per heavy atom. The predicted octanol–water partition coefficient (Wildman–Crippen LogP) is 6.50. The Balaban J connectivity index is 1.18. The van der Waals surface area contributed by atoms with Gasteiger partial charge in [0.25, 0.3) is 0 Å². The number of pyridine rings is 1. The minimum atomic E-state index is -0.266. The zero-order chi connectivity index (χ0) is 21.1. The van der Waals surface area contributed by atoms with E-state index in [4.69, 9.17) is 21.3 Å². The van der Waals surface area contributed by atoms with Crippen LogP contribution in [0.5, 0.6) is 5.75 Å². The number of nitrogens with zero attached hydrogens (tertiary/aromatic N) is 2. The predicted molar refractivity (Wildman–Crippen MR) is 120 cm³/mol. The lowest BCUT2D eigenvalue weighted by Gasteiger charge is -2.20. The third kappa shape index (κ3) is 3.26. The van der Waals surface area contributed by atoms with E-state index in [1.807, 2.05) is 24.3 Å². The summed E-state index contributed by atoms with van der Waals surface area (Å²) in [6, 6.07) is 12.3. The summed E-state index contributed by atoms with van der Waals surface area (Å²) in [4.78, 5) is 12.7. The van der Waals surface area contributed by atoms with E-state index in [0.717, 1.165) is 52.8 Å². The van der Waals surface area contributed by atoms with Crippen LogP contribution in [0.1, 0.15) is 37.9 Å². The zero-order valence-corrected chi connectivity index (χ0v) is 17.9. The summed E-state index contributed by atoms with van der Waals surface area (Å²) in [6.07, 6.45) is 5.04. The average molecular weight is 436 g/mol. The molecule has 2 saturated carbocycles. The fraction of sp³-hybridized carbons (Fsp3) is 0.360. The lowest BCUT2D eigenvalue weighted by Crippen LogP contribution is -2.18. The van der Waals surface area contributed by atoms with Crippen molar-refractivity contribution in [2.75, 3.05) is 0 Å².